The number of nitrogens with one attached hydrogen (secondary N) is 1. The van der Waals surface area contributed by atoms with E-state index in [4.69, 9.17) is 23.2 Å². The van der Waals surface area contributed by atoms with Crippen LogP contribution >= 0.6 is 34.5 Å². The highest BCUT2D eigenvalue weighted by Gasteiger charge is 2.27. The first-order valence-corrected chi connectivity index (χ1v) is 10.4. The van der Waals surface area contributed by atoms with Crippen LogP contribution in [-0.2, 0) is 22.4 Å². The fourth-order valence-corrected chi connectivity index (χ4v) is 4.20. The first-order chi connectivity index (χ1) is 13.1. The molecule has 0 unspecified atom stereocenters. The van der Waals surface area contributed by atoms with E-state index in [0.717, 1.165) is 11.3 Å². The Morgan fingerprint density at radius 1 is 1.11 bits per heavy atom. The monoisotopic (exact) mass is 444 g/mol. The van der Waals surface area contributed by atoms with Crippen molar-refractivity contribution in [3.63, 3.8) is 0 Å². The molecule has 0 amide bonds. The Hall–Kier alpha value is -1.67. The topological polar surface area (TPSA) is 99.5 Å². The maximum Gasteiger partial charge on any atom is 0.321 e. The predicted octanol–water partition coefficient (Wildman–Crippen LogP) is 4.13. The maximum absolute atomic E-state index is 11.6. The van der Waals surface area contributed by atoms with Crippen LogP contribution in [0.4, 0.5) is 0 Å². The molecule has 2 aromatic rings. The van der Waals surface area contributed by atoms with Crippen molar-refractivity contribution in [3.05, 3.63) is 49.9 Å². The Kier molecular flexibility index (Phi) is 8.24. The van der Waals surface area contributed by atoms with Crippen molar-refractivity contribution >= 4 is 46.5 Å². The van der Waals surface area contributed by atoms with Crippen LogP contribution in [0.15, 0.2) is 23.6 Å². The zero-order valence-corrected chi connectivity index (χ0v) is 17.8. The molecule has 0 fully saturated rings. The molecule has 1 heterocycles. The van der Waals surface area contributed by atoms with Gasteiger partial charge in [-0.25, -0.2) is 4.98 Å². The smallest absolute Gasteiger partial charge is 0.321 e. The van der Waals surface area contributed by atoms with E-state index in [2.05, 4.69) is 10.3 Å². The Morgan fingerprint density at radius 2 is 1.71 bits per heavy atom. The van der Waals surface area contributed by atoms with Crippen LogP contribution in [0, 0.1) is 5.92 Å². The molecule has 0 bridgehead atoms. The lowest BCUT2D eigenvalue weighted by Gasteiger charge is -2.21. The van der Waals surface area contributed by atoms with Crippen LogP contribution in [0.2, 0.25) is 10.0 Å². The van der Waals surface area contributed by atoms with Gasteiger partial charge in [0.2, 0.25) is 0 Å². The molecule has 9 heteroatoms. The van der Waals surface area contributed by atoms with Gasteiger partial charge in [0, 0.05) is 28.3 Å². The lowest BCUT2D eigenvalue weighted by molar-refractivity contribution is -0.142. The minimum atomic E-state index is -1.10. The van der Waals surface area contributed by atoms with Crippen molar-refractivity contribution in [1.29, 1.82) is 0 Å². The summed E-state index contributed by atoms with van der Waals surface area (Å²) in [5, 5.41) is 25.1. The minimum Gasteiger partial charge on any atom is -0.480 e. The number of aliphatic carboxylic acids is 2. The van der Waals surface area contributed by atoms with Crippen LogP contribution in [0.1, 0.15) is 36.5 Å². The standard InChI is InChI=1S/C19H22Cl2N2O4S/c1-10(2)3-15(18(24)25)23-16(19(26)27)8-17-22-14(9-28-17)6-11-4-12(20)7-13(21)5-11/h4-5,7,9-10,15-16,23H,3,6,8H2,1-2H3,(H,24,25)(H,26,27)/t15-,16-/m0/s1. The molecule has 28 heavy (non-hydrogen) atoms. The quantitative estimate of drug-likeness (QED) is 0.509. The summed E-state index contributed by atoms with van der Waals surface area (Å²) in [6.07, 6.45) is 0.975. The van der Waals surface area contributed by atoms with Crippen LogP contribution in [0.3, 0.4) is 0 Å². The molecule has 6 nitrogen and oxygen atoms in total. The van der Waals surface area contributed by atoms with Crippen molar-refractivity contribution in [2.24, 2.45) is 5.92 Å². The average molecular weight is 445 g/mol. The summed E-state index contributed by atoms with van der Waals surface area (Å²) in [5.74, 6) is -2.04. The second-order valence-corrected chi connectivity index (χ2v) is 8.78. The molecule has 0 aliphatic rings. The van der Waals surface area contributed by atoms with Crippen LogP contribution in [0.25, 0.3) is 0 Å². The van der Waals surface area contributed by atoms with Gasteiger partial charge in [0.25, 0.3) is 0 Å². The SMILES string of the molecule is CC(C)C[C@H](N[C@@H](Cc1nc(Cc2cc(Cl)cc(Cl)c2)cs1)C(=O)O)C(=O)O. The molecule has 2 rings (SSSR count). The van der Waals surface area contributed by atoms with E-state index in [-0.39, 0.29) is 12.3 Å². The Morgan fingerprint density at radius 3 is 2.25 bits per heavy atom. The Bertz CT molecular complexity index is 821. The predicted molar refractivity (Wildman–Crippen MR) is 111 cm³/mol. The highest BCUT2D eigenvalue weighted by molar-refractivity contribution is 7.09. The van der Waals surface area contributed by atoms with Gasteiger partial charge in [0.05, 0.1) is 10.7 Å². The highest BCUT2D eigenvalue weighted by atomic mass is 35.5. The number of carbonyl (C=O) groups is 2. The number of thiazole rings is 1. The third-order valence-electron chi connectivity index (χ3n) is 3.99. The molecule has 0 aliphatic carbocycles. The molecule has 0 spiro atoms. The molecule has 2 atom stereocenters. The minimum absolute atomic E-state index is 0.109. The van der Waals surface area contributed by atoms with Gasteiger partial charge in [0.1, 0.15) is 12.1 Å². The van der Waals surface area contributed by atoms with Gasteiger partial charge < -0.3 is 10.2 Å². The number of nitrogens with zero attached hydrogens (tertiary/aromatic N) is 1. The van der Waals surface area contributed by atoms with Gasteiger partial charge in [-0.15, -0.1) is 11.3 Å². The van der Waals surface area contributed by atoms with E-state index in [1.807, 2.05) is 19.2 Å². The summed E-state index contributed by atoms with van der Waals surface area (Å²) in [6, 6.07) is 3.31. The number of carboxylic acids is 2. The summed E-state index contributed by atoms with van der Waals surface area (Å²) in [7, 11) is 0. The summed E-state index contributed by atoms with van der Waals surface area (Å²) < 4.78 is 0. The molecule has 0 radical (unpaired) electrons. The van der Waals surface area contributed by atoms with Crippen LogP contribution in [0.5, 0.6) is 0 Å². The van der Waals surface area contributed by atoms with Crippen molar-refractivity contribution < 1.29 is 19.8 Å². The number of rotatable bonds is 10. The lowest BCUT2D eigenvalue weighted by Crippen LogP contribution is -2.48. The average Bonchev–Trinajstić information content (AvgIpc) is 2.98. The molecule has 0 aliphatic heterocycles. The van der Waals surface area contributed by atoms with E-state index in [0.29, 0.717) is 27.9 Å². The van der Waals surface area contributed by atoms with Crippen molar-refractivity contribution in [3.8, 4) is 0 Å². The van der Waals surface area contributed by atoms with Crippen LogP contribution < -0.4 is 5.32 Å². The number of aromatic nitrogens is 1. The Labute approximate surface area is 177 Å². The van der Waals surface area contributed by atoms with E-state index in [1.54, 1.807) is 18.2 Å². The van der Waals surface area contributed by atoms with Gasteiger partial charge in [-0.05, 0) is 36.1 Å². The van der Waals surface area contributed by atoms with Crippen LogP contribution in [-0.4, -0.2) is 39.2 Å². The summed E-state index contributed by atoms with van der Waals surface area (Å²) in [5.41, 5.74) is 1.68. The number of benzene rings is 1. The maximum atomic E-state index is 11.6. The second kappa shape index (κ2) is 10.2. The van der Waals surface area contributed by atoms with E-state index in [9.17, 15) is 19.8 Å². The molecule has 0 saturated carbocycles. The van der Waals surface area contributed by atoms with E-state index < -0.39 is 24.0 Å². The molecule has 1 aromatic heterocycles. The van der Waals surface area contributed by atoms with Gasteiger partial charge in [-0.3, -0.25) is 14.9 Å². The summed E-state index contributed by atoms with van der Waals surface area (Å²) in [4.78, 5) is 27.5. The largest absolute Gasteiger partial charge is 0.480 e. The zero-order valence-electron chi connectivity index (χ0n) is 15.5. The van der Waals surface area contributed by atoms with Gasteiger partial charge in [-0.2, -0.15) is 0 Å². The molecular formula is C19H22Cl2N2O4S. The van der Waals surface area contributed by atoms with Gasteiger partial charge >= 0.3 is 11.9 Å². The summed E-state index contributed by atoms with van der Waals surface area (Å²) in [6.45, 7) is 3.78. The molecule has 0 saturated heterocycles. The molecular weight excluding hydrogens is 423 g/mol. The first kappa shape index (κ1) is 22.6. The summed E-state index contributed by atoms with van der Waals surface area (Å²) >= 11 is 13.4. The van der Waals surface area contributed by atoms with Crippen molar-refractivity contribution in [1.82, 2.24) is 10.3 Å². The van der Waals surface area contributed by atoms with Crippen molar-refractivity contribution in [2.75, 3.05) is 0 Å². The highest BCUT2D eigenvalue weighted by Crippen LogP contribution is 2.22. The molecule has 152 valence electrons. The second-order valence-electron chi connectivity index (χ2n) is 6.97. The van der Waals surface area contributed by atoms with Gasteiger partial charge in [-0.1, -0.05) is 37.0 Å². The zero-order chi connectivity index (χ0) is 20.8. The number of hydrogen-bond donors (Lipinski definition) is 3. The van der Waals surface area contributed by atoms with E-state index >= 15 is 0 Å². The third kappa shape index (κ3) is 7.05. The lowest BCUT2D eigenvalue weighted by atomic mass is 10.0. The molecule has 1 aromatic carbocycles. The van der Waals surface area contributed by atoms with E-state index in [1.165, 1.54) is 11.3 Å². The molecule has 3 N–H and O–H groups in total. The fraction of sp³-hybridized carbons (Fsp3) is 0.421. The normalized spacial score (nSPS) is 13.5. The third-order valence-corrected chi connectivity index (χ3v) is 5.35. The fourth-order valence-electron chi connectivity index (χ4n) is 2.79. The number of hydrogen-bond acceptors (Lipinski definition) is 5. The number of halogens is 2. The van der Waals surface area contributed by atoms with Gasteiger partial charge in [0.15, 0.2) is 0 Å². The van der Waals surface area contributed by atoms with Crippen molar-refractivity contribution in [2.45, 2.75) is 45.2 Å². The number of carboxylic acid groups (broad SMARTS) is 2. The Balaban J connectivity index is 2.07. The first-order valence-electron chi connectivity index (χ1n) is 8.74.